The van der Waals surface area contributed by atoms with Gasteiger partial charge in [0.25, 0.3) is 0 Å². The molecule has 0 heterocycles. The summed E-state index contributed by atoms with van der Waals surface area (Å²) < 4.78 is 0. The van der Waals surface area contributed by atoms with Crippen molar-refractivity contribution in [3.63, 3.8) is 0 Å². The highest BCUT2D eigenvalue weighted by Gasteiger charge is 2.23. The third kappa shape index (κ3) is 3.80. The molecule has 104 valence electrons. The molecular weight excluding hydrogens is 236 g/mol. The monoisotopic (exact) mass is 260 g/mol. The SMILES string of the molecule is CNC1CCC(CC(=O)N(C)c2ccccc2)CC1. The zero-order valence-electron chi connectivity index (χ0n) is 11.9. The van der Waals surface area contributed by atoms with E-state index >= 15 is 0 Å². The van der Waals surface area contributed by atoms with E-state index in [1.165, 1.54) is 25.7 Å². The molecule has 0 aliphatic heterocycles. The van der Waals surface area contributed by atoms with E-state index < -0.39 is 0 Å². The zero-order chi connectivity index (χ0) is 13.7. The molecule has 1 fully saturated rings. The van der Waals surface area contributed by atoms with Crippen molar-refractivity contribution in [2.75, 3.05) is 19.0 Å². The van der Waals surface area contributed by atoms with Gasteiger partial charge in [-0.3, -0.25) is 4.79 Å². The quantitative estimate of drug-likeness (QED) is 0.903. The van der Waals surface area contributed by atoms with E-state index in [4.69, 9.17) is 0 Å². The molecule has 0 radical (unpaired) electrons. The fourth-order valence-corrected chi connectivity index (χ4v) is 2.83. The Bertz CT molecular complexity index is 396. The number of carbonyl (C=O) groups excluding carboxylic acids is 1. The maximum Gasteiger partial charge on any atom is 0.226 e. The van der Waals surface area contributed by atoms with Crippen LogP contribution in [0, 0.1) is 5.92 Å². The van der Waals surface area contributed by atoms with Crippen LogP contribution in [-0.2, 0) is 4.79 Å². The van der Waals surface area contributed by atoms with Crippen LogP contribution in [0.25, 0.3) is 0 Å². The van der Waals surface area contributed by atoms with Gasteiger partial charge in [0, 0.05) is 25.2 Å². The maximum absolute atomic E-state index is 12.3. The van der Waals surface area contributed by atoms with E-state index in [0.717, 1.165) is 5.69 Å². The number of hydrogen-bond donors (Lipinski definition) is 1. The van der Waals surface area contributed by atoms with Crippen molar-refractivity contribution in [1.82, 2.24) is 5.32 Å². The number of nitrogens with zero attached hydrogens (tertiary/aromatic N) is 1. The van der Waals surface area contributed by atoms with Gasteiger partial charge in [-0.05, 0) is 50.8 Å². The number of carbonyl (C=O) groups is 1. The Kier molecular flexibility index (Phi) is 4.97. The van der Waals surface area contributed by atoms with E-state index in [9.17, 15) is 4.79 Å². The zero-order valence-corrected chi connectivity index (χ0v) is 11.9. The molecule has 0 unspecified atom stereocenters. The number of anilines is 1. The van der Waals surface area contributed by atoms with Gasteiger partial charge < -0.3 is 10.2 Å². The molecule has 3 nitrogen and oxygen atoms in total. The van der Waals surface area contributed by atoms with E-state index in [1.807, 2.05) is 44.4 Å². The summed E-state index contributed by atoms with van der Waals surface area (Å²) in [5.41, 5.74) is 0.983. The summed E-state index contributed by atoms with van der Waals surface area (Å²) >= 11 is 0. The third-order valence-corrected chi connectivity index (χ3v) is 4.24. The van der Waals surface area contributed by atoms with Crippen LogP contribution in [0.4, 0.5) is 5.69 Å². The van der Waals surface area contributed by atoms with Gasteiger partial charge in [-0.25, -0.2) is 0 Å². The number of amides is 1. The second-order valence-corrected chi connectivity index (χ2v) is 5.50. The fraction of sp³-hybridized carbons (Fsp3) is 0.562. The molecule has 1 aromatic carbocycles. The Labute approximate surface area is 116 Å². The van der Waals surface area contributed by atoms with Crippen molar-refractivity contribution in [2.24, 2.45) is 5.92 Å². The normalized spacial score (nSPS) is 23.1. The molecule has 1 amide bonds. The van der Waals surface area contributed by atoms with Crippen LogP contribution in [0.2, 0.25) is 0 Å². The second kappa shape index (κ2) is 6.71. The smallest absolute Gasteiger partial charge is 0.226 e. The van der Waals surface area contributed by atoms with Gasteiger partial charge in [-0.1, -0.05) is 18.2 Å². The lowest BCUT2D eigenvalue weighted by molar-refractivity contribution is -0.119. The predicted octanol–water partition coefficient (Wildman–Crippen LogP) is 2.82. The lowest BCUT2D eigenvalue weighted by Crippen LogP contribution is -2.33. The van der Waals surface area contributed by atoms with Gasteiger partial charge in [0.1, 0.15) is 0 Å². The van der Waals surface area contributed by atoms with E-state index in [2.05, 4.69) is 5.32 Å². The molecule has 0 saturated heterocycles. The topological polar surface area (TPSA) is 32.3 Å². The molecule has 1 saturated carbocycles. The molecule has 19 heavy (non-hydrogen) atoms. The molecule has 1 aliphatic carbocycles. The minimum Gasteiger partial charge on any atom is -0.317 e. The molecule has 1 aliphatic rings. The summed E-state index contributed by atoms with van der Waals surface area (Å²) in [6, 6.07) is 10.5. The molecule has 0 bridgehead atoms. The van der Waals surface area contributed by atoms with Crippen molar-refractivity contribution in [1.29, 1.82) is 0 Å². The maximum atomic E-state index is 12.3. The minimum atomic E-state index is 0.235. The average molecular weight is 260 g/mol. The van der Waals surface area contributed by atoms with Crippen LogP contribution in [0.1, 0.15) is 32.1 Å². The number of benzene rings is 1. The molecule has 0 spiro atoms. The summed E-state index contributed by atoms with van der Waals surface area (Å²) in [5, 5.41) is 3.33. The molecule has 0 aromatic heterocycles. The van der Waals surface area contributed by atoms with Crippen molar-refractivity contribution < 1.29 is 4.79 Å². The lowest BCUT2D eigenvalue weighted by atomic mass is 9.84. The van der Waals surface area contributed by atoms with Crippen LogP contribution in [0.3, 0.4) is 0 Å². The van der Waals surface area contributed by atoms with Gasteiger partial charge in [0.05, 0.1) is 0 Å². The average Bonchev–Trinajstić information content (AvgIpc) is 2.48. The summed E-state index contributed by atoms with van der Waals surface area (Å²) in [6.45, 7) is 0. The van der Waals surface area contributed by atoms with Gasteiger partial charge in [0.2, 0.25) is 5.91 Å². The van der Waals surface area contributed by atoms with E-state index in [1.54, 1.807) is 4.90 Å². The molecular formula is C16H24N2O. The third-order valence-electron chi connectivity index (χ3n) is 4.24. The molecule has 2 rings (SSSR count). The molecule has 3 heteroatoms. The van der Waals surface area contributed by atoms with Gasteiger partial charge in [-0.15, -0.1) is 0 Å². The van der Waals surface area contributed by atoms with Gasteiger partial charge in [0.15, 0.2) is 0 Å². The Morgan fingerprint density at radius 1 is 1.21 bits per heavy atom. The highest BCUT2D eigenvalue weighted by atomic mass is 16.2. The van der Waals surface area contributed by atoms with Crippen LogP contribution in [0.5, 0.6) is 0 Å². The van der Waals surface area contributed by atoms with Crippen molar-refractivity contribution >= 4 is 11.6 Å². The number of nitrogens with one attached hydrogen (secondary N) is 1. The number of para-hydroxylation sites is 1. The van der Waals surface area contributed by atoms with Crippen molar-refractivity contribution in [2.45, 2.75) is 38.1 Å². The Balaban J connectivity index is 1.85. The highest BCUT2D eigenvalue weighted by molar-refractivity contribution is 5.92. The molecule has 1 aromatic rings. The standard InChI is InChI=1S/C16H24N2O/c1-17-14-10-8-13(9-11-14)12-16(19)18(2)15-6-4-3-5-7-15/h3-7,13-14,17H,8-12H2,1-2H3. The number of hydrogen-bond acceptors (Lipinski definition) is 2. The Morgan fingerprint density at radius 2 is 1.84 bits per heavy atom. The van der Waals surface area contributed by atoms with Gasteiger partial charge >= 0.3 is 0 Å². The largest absolute Gasteiger partial charge is 0.317 e. The van der Waals surface area contributed by atoms with Crippen LogP contribution in [0.15, 0.2) is 30.3 Å². The van der Waals surface area contributed by atoms with Crippen LogP contribution in [-0.4, -0.2) is 26.0 Å². The van der Waals surface area contributed by atoms with Gasteiger partial charge in [-0.2, -0.15) is 0 Å². The van der Waals surface area contributed by atoms with E-state index in [-0.39, 0.29) is 5.91 Å². The summed E-state index contributed by atoms with van der Waals surface area (Å²) in [4.78, 5) is 14.1. The fourth-order valence-electron chi connectivity index (χ4n) is 2.83. The summed E-state index contributed by atoms with van der Waals surface area (Å²) in [7, 11) is 3.90. The first-order valence-electron chi connectivity index (χ1n) is 7.19. The Hall–Kier alpha value is -1.35. The number of rotatable bonds is 4. The van der Waals surface area contributed by atoms with Crippen molar-refractivity contribution in [3.05, 3.63) is 30.3 Å². The lowest BCUT2D eigenvalue weighted by Gasteiger charge is -2.29. The first kappa shape index (κ1) is 14.1. The van der Waals surface area contributed by atoms with Crippen LogP contribution >= 0.6 is 0 Å². The summed E-state index contributed by atoms with van der Waals surface area (Å²) in [6.07, 6.45) is 5.41. The predicted molar refractivity (Wildman–Crippen MR) is 79.3 cm³/mol. The van der Waals surface area contributed by atoms with Crippen molar-refractivity contribution in [3.8, 4) is 0 Å². The molecule has 0 atom stereocenters. The van der Waals surface area contributed by atoms with Crippen LogP contribution < -0.4 is 10.2 Å². The molecule has 1 N–H and O–H groups in total. The first-order valence-corrected chi connectivity index (χ1v) is 7.19. The Morgan fingerprint density at radius 3 is 2.42 bits per heavy atom. The first-order chi connectivity index (χ1) is 9.20. The summed E-state index contributed by atoms with van der Waals surface area (Å²) in [5.74, 6) is 0.794. The minimum absolute atomic E-state index is 0.235. The van der Waals surface area contributed by atoms with E-state index in [0.29, 0.717) is 18.4 Å². The highest BCUT2D eigenvalue weighted by Crippen LogP contribution is 2.27. The second-order valence-electron chi connectivity index (χ2n) is 5.50.